The maximum atomic E-state index is 11.1. The van der Waals surface area contributed by atoms with Crippen LogP contribution in [0.1, 0.15) is 16.7 Å². The fourth-order valence-electron chi connectivity index (χ4n) is 10.6. The molecular formula is C66H34N8. The van der Waals surface area contributed by atoms with Gasteiger partial charge in [0.25, 0.3) is 0 Å². The average molecular weight is 939 g/mol. The molecule has 8 nitrogen and oxygen atoms in total. The Morgan fingerprint density at radius 3 is 1.09 bits per heavy atom. The summed E-state index contributed by atoms with van der Waals surface area (Å²) in [4.78, 5) is 11.6. The van der Waals surface area contributed by atoms with Crippen LogP contribution in [0.5, 0.6) is 0 Å². The first-order chi connectivity index (χ1) is 36.4. The lowest BCUT2D eigenvalue weighted by Gasteiger charge is -2.21. The van der Waals surface area contributed by atoms with Crippen LogP contribution >= 0.6 is 0 Å². The molecule has 338 valence electrons. The van der Waals surface area contributed by atoms with Crippen molar-refractivity contribution in [3.05, 3.63) is 257 Å². The summed E-state index contributed by atoms with van der Waals surface area (Å²) in [5.74, 6) is 0. The smallest absolute Gasteiger partial charge is 0.194 e. The van der Waals surface area contributed by atoms with Crippen molar-refractivity contribution in [3.8, 4) is 85.2 Å². The van der Waals surface area contributed by atoms with E-state index in [4.69, 9.17) is 19.7 Å². The molecule has 0 radical (unpaired) electrons. The SMILES string of the molecule is [C-]#[N+]c1ccccc1-c1ccc2c(c1)c1cc(-c3ccccc3C#N)ccc1n2-c1cc(C#N)cc(-n2c3ccc(-c4ccccc4[N+]#[C-])cc3c3cc(-c4ccccc4[N+]#[C-])ccc32)c1-c1cccc(C#N)c1. The van der Waals surface area contributed by atoms with Gasteiger partial charge in [-0.3, -0.25) is 0 Å². The lowest BCUT2D eigenvalue weighted by Crippen LogP contribution is -2.05. The number of hydrogen-bond donors (Lipinski definition) is 0. The van der Waals surface area contributed by atoms with Crippen molar-refractivity contribution in [1.82, 2.24) is 9.13 Å². The van der Waals surface area contributed by atoms with Gasteiger partial charge in [-0.1, -0.05) is 127 Å². The summed E-state index contributed by atoms with van der Waals surface area (Å²) in [7, 11) is 0. The number of nitrogens with zero attached hydrogens (tertiary/aromatic N) is 8. The Labute approximate surface area is 426 Å². The van der Waals surface area contributed by atoms with E-state index in [0.717, 1.165) is 99.2 Å². The standard InChI is InChI=1S/C66H34N8/c1-70-57-20-9-6-17-50(57)44-24-28-61-54(35-44)53-34-43(49-16-5-4-14-48(49)40-69)23-27-60(53)73(61)64-32-42(39-68)33-65(66(64)47-15-12-13-41(31-47)38-67)74-62-29-25-45(51-18-7-10-21-58(51)71-2)36-55(62)56-37-46(26-30-63(56)74)52-19-8-11-22-59(52)72-3/h4-37H. The van der Waals surface area contributed by atoms with E-state index < -0.39 is 0 Å². The van der Waals surface area contributed by atoms with Crippen molar-refractivity contribution in [2.24, 2.45) is 0 Å². The van der Waals surface area contributed by atoms with E-state index >= 15 is 0 Å². The predicted molar refractivity (Wildman–Crippen MR) is 295 cm³/mol. The second kappa shape index (κ2) is 17.9. The quantitative estimate of drug-likeness (QED) is 0.149. The zero-order chi connectivity index (χ0) is 50.5. The molecule has 8 heteroatoms. The molecule has 12 aromatic rings. The van der Waals surface area contributed by atoms with Gasteiger partial charge in [0.2, 0.25) is 0 Å². The summed E-state index contributed by atoms with van der Waals surface area (Å²) in [5.41, 5.74) is 15.9. The number of rotatable bonds is 7. The third kappa shape index (κ3) is 7.10. The first-order valence-electron chi connectivity index (χ1n) is 23.6. The van der Waals surface area contributed by atoms with Crippen molar-refractivity contribution < 1.29 is 0 Å². The van der Waals surface area contributed by atoms with E-state index in [9.17, 15) is 15.8 Å². The van der Waals surface area contributed by atoms with Crippen molar-refractivity contribution in [2.75, 3.05) is 0 Å². The van der Waals surface area contributed by atoms with Gasteiger partial charge >= 0.3 is 0 Å². The van der Waals surface area contributed by atoms with Crippen LogP contribution in [0.25, 0.3) is 125 Å². The van der Waals surface area contributed by atoms with Gasteiger partial charge in [-0.2, -0.15) is 15.8 Å². The lowest BCUT2D eigenvalue weighted by molar-refractivity contribution is 1.13. The van der Waals surface area contributed by atoms with Gasteiger partial charge in [0.15, 0.2) is 17.1 Å². The minimum absolute atomic E-state index is 0.396. The maximum Gasteiger partial charge on any atom is 0.194 e. The van der Waals surface area contributed by atoms with E-state index in [2.05, 4.69) is 90.4 Å². The third-order valence-electron chi connectivity index (χ3n) is 13.9. The van der Waals surface area contributed by atoms with Crippen LogP contribution in [0, 0.1) is 53.7 Å². The summed E-state index contributed by atoms with van der Waals surface area (Å²) in [6, 6.07) is 73.6. The minimum atomic E-state index is 0.396. The van der Waals surface area contributed by atoms with Gasteiger partial charge < -0.3 is 9.13 Å². The van der Waals surface area contributed by atoms with Crippen LogP contribution < -0.4 is 0 Å². The van der Waals surface area contributed by atoms with Gasteiger partial charge in [-0.15, -0.1) is 0 Å². The molecule has 0 N–H and O–H groups in total. The summed E-state index contributed by atoms with van der Waals surface area (Å²) >= 11 is 0. The molecule has 2 aromatic heterocycles. The molecule has 0 spiro atoms. The molecule has 10 aromatic carbocycles. The van der Waals surface area contributed by atoms with Crippen molar-refractivity contribution in [1.29, 1.82) is 15.8 Å². The molecule has 2 heterocycles. The Morgan fingerprint density at radius 2 is 0.703 bits per heavy atom. The normalized spacial score (nSPS) is 10.9. The van der Waals surface area contributed by atoms with Gasteiger partial charge in [0.05, 0.1) is 88.1 Å². The second-order valence-electron chi connectivity index (χ2n) is 17.8. The Balaban J connectivity index is 1.22. The molecule has 0 saturated carbocycles. The number of hydrogen-bond acceptors (Lipinski definition) is 3. The maximum absolute atomic E-state index is 11.1. The van der Waals surface area contributed by atoms with E-state index in [1.54, 1.807) is 6.07 Å². The van der Waals surface area contributed by atoms with Gasteiger partial charge in [0.1, 0.15) is 0 Å². The Kier molecular flexibility index (Phi) is 10.7. The fraction of sp³-hybridized carbons (Fsp3) is 0. The molecule has 0 aliphatic heterocycles. The molecule has 74 heavy (non-hydrogen) atoms. The zero-order valence-electron chi connectivity index (χ0n) is 39.2. The van der Waals surface area contributed by atoms with E-state index in [-0.39, 0.29) is 0 Å². The van der Waals surface area contributed by atoms with E-state index in [1.807, 2.05) is 152 Å². The molecule has 12 rings (SSSR count). The summed E-state index contributed by atoms with van der Waals surface area (Å²) in [6.45, 7) is 24.1. The first kappa shape index (κ1) is 44.0. The molecule has 0 aliphatic carbocycles. The summed E-state index contributed by atoms with van der Waals surface area (Å²) in [6.07, 6.45) is 0. The van der Waals surface area contributed by atoms with E-state index in [0.29, 0.717) is 45.1 Å². The Bertz CT molecular complexity index is 4150. The zero-order valence-corrected chi connectivity index (χ0v) is 39.2. The molecule has 0 fully saturated rings. The van der Waals surface area contributed by atoms with Crippen LogP contribution in [0.3, 0.4) is 0 Å². The molecule has 0 unspecified atom stereocenters. The van der Waals surface area contributed by atoms with Crippen molar-refractivity contribution in [3.63, 3.8) is 0 Å². The largest absolute Gasteiger partial charge is 0.308 e. The second-order valence-corrected chi connectivity index (χ2v) is 17.8. The number of benzene rings is 10. The first-order valence-corrected chi connectivity index (χ1v) is 23.6. The topological polar surface area (TPSA) is 94.3 Å². The molecule has 0 bridgehead atoms. The number of fused-ring (bicyclic) bond motifs is 6. The average Bonchev–Trinajstić information content (AvgIpc) is 3.98. The van der Waals surface area contributed by atoms with Gasteiger partial charge in [-0.05, 0) is 129 Å². The summed E-state index contributed by atoms with van der Waals surface area (Å²) in [5, 5.41) is 35.3. The lowest BCUT2D eigenvalue weighted by atomic mass is 9.96. The van der Waals surface area contributed by atoms with Crippen LogP contribution in [-0.4, -0.2) is 9.13 Å². The predicted octanol–water partition coefficient (Wildman–Crippen LogP) is 17.5. The Hall–Kier alpha value is -11.3. The highest BCUT2D eigenvalue weighted by molar-refractivity contribution is 6.15. The van der Waals surface area contributed by atoms with Crippen LogP contribution in [0.15, 0.2) is 206 Å². The van der Waals surface area contributed by atoms with Crippen LogP contribution in [-0.2, 0) is 0 Å². The van der Waals surface area contributed by atoms with Gasteiger partial charge in [-0.25, -0.2) is 14.5 Å². The molecule has 0 saturated heterocycles. The highest BCUT2D eigenvalue weighted by Crippen LogP contribution is 2.46. The summed E-state index contributed by atoms with van der Waals surface area (Å²) < 4.78 is 4.36. The van der Waals surface area contributed by atoms with Crippen molar-refractivity contribution in [2.45, 2.75) is 0 Å². The van der Waals surface area contributed by atoms with E-state index in [1.165, 1.54) is 0 Å². The van der Waals surface area contributed by atoms with Crippen LogP contribution in [0.2, 0.25) is 0 Å². The number of nitriles is 3. The molecule has 0 atom stereocenters. The van der Waals surface area contributed by atoms with Crippen molar-refractivity contribution >= 4 is 60.7 Å². The monoisotopic (exact) mass is 938 g/mol. The molecular weight excluding hydrogens is 905 g/mol. The fourth-order valence-corrected chi connectivity index (χ4v) is 10.6. The van der Waals surface area contributed by atoms with Gasteiger partial charge in [0, 0.05) is 27.1 Å². The number of aromatic nitrogens is 2. The third-order valence-corrected chi connectivity index (χ3v) is 13.9. The molecule has 0 aliphatic rings. The Morgan fingerprint density at radius 1 is 0.324 bits per heavy atom. The molecule has 0 amide bonds. The number of para-hydroxylation sites is 3. The highest BCUT2D eigenvalue weighted by atomic mass is 15.0. The highest BCUT2D eigenvalue weighted by Gasteiger charge is 2.25. The minimum Gasteiger partial charge on any atom is -0.308 e. The van der Waals surface area contributed by atoms with Crippen LogP contribution in [0.4, 0.5) is 17.1 Å².